The zero-order chi connectivity index (χ0) is 14.3. The summed E-state index contributed by atoms with van der Waals surface area (Å²) in [6.45, 7) is 0. The molecule has 1 atom stereocenters. The van der Waals surface area contributed by atoms with Gasteiger partial charge in [-0.15, -0.1) is 11.3 Å². The van der Waals surface area contributed by atoms with E-state index in [1.807, 2.05) is 0 Å². The van der Waals surface area contributed by atoms with E-state index in [0.29, 0.717) is 15.8 Å². The van der Waals surface area contributed by atoms with Crippen molar-refractivity contribution >= 4 is 34.5 Å². The van der Waals surface area contributed by atoms with E-state index in [9.17, 15) is 0 Å². The molecule has 0 bridgehead atoms. The standard InChI is InChI=1S/C15H15Cl2NOS/c1-19-12-7-10(16)9(6-11(12)17)15(18)14-5-8-3-2-4-13(8)20-14/h5-7,15H,2-4,18H2,1H3. The summed E-state index contributed by atoms with van der Waals surface area (Å²) in [5.41, 5.74) is 8.65. The van der Waals surface area contributed by atoms with Gasteiger partial charge in [0.15, 0.2) is 0 Å². The van der Waals surface area contributed by atoms with Crippen LogP contribution in [0, 0.1) is 0 Å². The average molecular weight is 328 g/mol. The summed E-state index contributed by atoms with van der Waals surface area (Å²) >= 11 is 14.3. The van der Waals surface area contributed by atoms with E-state index in [-0.39, 0.29) is 6.04 Å². The maximum Gasteiger partial charge on any atom is 0.138 e. The molecule has 0 fully saturated rings. The van der Waals surface area contributed by atoms with Crippen LogP contribution in [0.3, 0.4) is 0 Å². The highest BCUT2D eigenvalue weighted by Gasteiger charge is 2.21. The molecule has 1 aromatic heterocycles. The lowest BCUT2D eigenvalue weighted by atomic mass is 10.0. The molecule has 1 aliphatic rings. The van der Waals surface area contributed by atoms with Gasteiger partial charge in [0.05, 0.1) is 18.2 Å². The van der Waals surface area contributed by atoms with E-state index in [2.05, 4.69) is 6.07 Å². The van der Waals surface area contributed by atoms with Crippen molar-refractivity contribution in [3.63, 3.8) is 0 Å². The second kappa shape index (κ2) is 5.57. The van der Waals surface area contributed by atoms with Gasteiger partial charge in [0.1, 0.15) is 5.75 Å². The lowest BCUT2D eigenvalue weighted by Crippen LogP contribution is -2.11. The summed E-state index contributed by atoms with van der Waals surface area (Å²) in [6, 6.07) is 5.51. The molecular formula is C15H15Cl2NOS. The molecule has 0 saturated heterocycles. The van der Waals surface area contributed by atoms with Gasteiger partial charge in [-0.2, -0.15) is 0 Å². The highest BCUT2D eigenvalue weighted by atomic mass is 35.5. The Kier molecular flexibility index (Phi) is 3.95. The number of fused-ring (bicyclic) bond motifs is 1. The van der Waals surface area contributed by atoms with E-state index in [0.717, 1.165) is 16.9 Å². The van der Waals surface area contributed by atoms with Crippen molar-refractivity contribution in [3.05, 3.63) is 49.1 Å². The van der Waals surface area contributed by atoms with E-state index >= 15 is 0 Å². The molecule has 0 amide bonds. The molecule has 106 valence electrons. The number of rotatable bonds is 3. The molecule has 20 heavy (non-hydrogen) atoms. The van der Waals surface area contributed by atoms with Gasteiger partial charge in [0.2, 0.25) is 0 Å². The van der Waals surface area contributed by atoms with Crippen LogP contribution >= 0.6 is 34.5 Å². The monoisotopic (exact) mass is 327 g/mol. The minimum absolute atomic E-state index is 0.235. The summed E-state index contributed by atoms with van der Waals surface area (Å²) in [4.78, 5) is 2.61. The Hall–Kier alpha value is -0.740. The SMILES string of the molecule is COc1cc(Cl)c(C(N)c2cc3c(s2)CCC3)cc1Cl. The van der Waals surface area contributed by atoms with Gasteiger partial charge >= 0.3 is 0 Å². The number of ether oxygens (including phenoxy) is 1. The van der Waals surface area contributed by atoms with Gasteiger partial charge in [0.25, 0.3) is 0 Å². The van der Waals surface area contributed by atoms with E-state index < -0.39 is 0 Å². The Labute approximate surface area is 132 Å². The lowest BCUT2D eigenvalue weighted by Gasteiger charge is -2.14. The molecule has 2 N–H and O–H groups in total. The zero-order valence-corrected chi connectivity index (χ0v) is 13.4. The van der Waals surface area contributed by atoms with E-state index in [1.165, 1.54) is 23.3 Å². The van der Waals surface area contributed by atoms with Gasteiger partial charge in [-0.3, -0.25) is 0 Å². The van der Waals surface area contributed by atoms with Crippen LogP contribution in [-0.4, -0.2) is 7.11 Å². The predicted octanol–water partition coefficient (Wildman–Crippen LogP) is 4.60. The summed E-state index contributed by atoms with van der Waals surface area (Å²) in [6.07, 6.45) is 3.59. The van der Waals surface area contributed by atoms with Crippen LogP contribution in [0.5, 0.6) is 5.75 Å². The van der Waals surface area contributed by atoms with E-state index in [4.69, 9.17) is 33.7 Å². The van der Waals surface area contributed by atoms with Crippen molar-refractivity contribution in [2.24, 2.45) is 5.73 Å². The van der Waals surface area contributed by atoms with Crippen LogP contribution in [-0.2, 0) is 12.8 Å². The highest BCUT2D eigenvalue weighted by Crippen LogP contribution is 2.39. The number of hydrogen-bond donors (Lipinski definition) is 1. The number of nitrogens with two attached hydrogens (primary N) is 1. The molecule has 2 aromatic rings. The smallest absolute Gasteiger partial charge is 0.138 e. The normalized spacial score (nSPS) is 15.2. The van der Waals surface area contributed by atoms with Crippen molar-refractivity contribution in [2.75, 3.05) is 7.11 Å². The Morgan fingerprint density at radius 3 is 2.70 bits per heavy atom. The summed E-state index contributed by atoms with van der Waals surface area (Å²) in [5.74, 6) is 0.571. The summed E-state index contributed by atoms with van der Waals surface area (Å²) in [5, 5.41) is 1.12. The molecule has 2 nitrogen and oxygen atoms in total. The van der Waals surface area contributed by atoms with Crippen LogP contribution < -0.4 is 10.5 Å². The first-order valence-electron chi connectivity index (χ1n) is 6.50. The molecule has 0 spiro atoms. The lowest BCUT2D eigenvalue weighted by molar-refractivity contribution is 0.415. The molecule has 0 saturated carbocycles. The second-order valence-corrected chi connectivity index (χ2v) is 6.92. The molecule has 1 aliphatic carbocycles. The Morgan fingerprint density at radius 2 is 2.00 bits per heavy atom. The first kappa shape index (κ1) is 14.2. The number of benzene rings is 1. The largest absolute Gasteiger partial charge is 0.495 e. The van der Waals surface area contributed by atoms with Gasteiger partial charge in [-0.05, 0) is 42.5 Å². The Balaban J connectivity index is 1.97. The molecule has 1 heterocycles. The second-order valence-electron chi connectivity index (χ2n) is 4.94. The van der Waals surface area contributed by atoms with Crippen molar-refractivity contribution < 1.29 is 4.74 Å². The third-order valence-electron chi connectivity index (χ3n) is 3.68. The third kappa shape index (κ3) is 2.44. The molecule has 1 aromatic carbocycles. The Bertz CT molecular complexity index is 632. The summed E-state index contributed by atoms with van der Waals surface area (Å²) in [7, 11) is 1.57. The molecule has 0 radical (unpaired) electrons. The average Bonchev–Trinajstić information content (AvgIpc) is 3.01. The predicted molar refractivity (Wildman–Crippen MR) is 85.4 cm³/mol. The molecule has 3 rings (SSSR count). The minimum Gasteiger partial charge on any atom is -0.495 e. The fourth-order valence-corrected chi connectivity index (χ4v) is 4.40. The third-order valence-corrected chi connectivity index (χ3v) is 5.62. The maximum atomic E-state index is 6.37. The van der Waals surface area contributed by atoms with Crippen LogP contribution in [0.15, 0.2) is 18.2 Å². The Morgan fingerprint density at radius 1 is 1.20 bits per heavy atom. The molecule has 1 unspecified atom stereocenters. The van der Waals surface area contributed by atoms with Crippen molar-refractivity contribution in [1.82, 2.24) is 0 Å². The van der Waals surface area contributed by atoms with Gasteiger partial charge in [0, 0.05) is 20.8 Å². The quantitative estimate of drug-likeness (QED) is 0.894. The van der Waals surface area contributed by atoms with Gasteiger partial charge in [-0.25, -0.2) is 0 Å². The number of methoxy groups -OCH3 is 1. The number of aryl methyl sites for hydroxylation is 2. The van der Waals surface area contributed by atoms with Crippen LogP contribution in [0.4, 0.5) is 0 Å². The zero-order valence-electron chi connectivity index (χ0n) is 11.1. The number of halogens is 2. The number of hydrogen-bond acceptors (Lipinski definition) is 3. The van der Waals surface area contributed by atoms with Gasteiger partial charge in [-0.1, -0.05) is 23.2 Å². The van der Waals surface area contributed by atoms with Gasteiger partial charge < -0.3 is 10.5 Å². The number of thiophene rings is 1. The highest BCUT2D eigenvalue weighted by molar-refractivity contribution is 7.12. The van der Waals surface area contributed by atoms with Crippen molar-refractivity contribution in [2.45, 2.75) is 25.3 Å². The fraction of sp³-hybridized carbons (Fsp3) is 0.333. The first-order chi connectivity index (χ1) is 9.60. The molecule has 0 aliphatic heterocycles. The first-order valence-corrected chi connectivity index (χ1v) is 8.07. The fourth-order valence-electron chi connectivity index (χ4n) is 2.60. The van der Waals surface area contributed by atoms with E-state index in [1.54, 1.807) is 30.6 Å². The van der Waals surface area contributed by atoms with Crippen LogP contribution in [0.1, 0.15) is 33.3 Å². The van der Waals surface area contributed by atoms with Crippen molar-refractivity contribution in [1.29, 1.82) is 0 Å². The van der Waals surface area contributed by atoms with Crippen molar-refractivity contribution in [3.8, 4) is 5.75 Å². The minimum atomic E-state index is -0.235. The van der Waals surface area contributed by atoms with Crippen LogP contribution in [0.2, 0.25) is 10.0 Å². The van der Waals surface area contributed by atoms with Crippen LogP contribution in [0.25, 0.3) is 0 Å². The summed E-state index contributed by atoms with van der Waals surface area (Å²) < 4.78 is 5.16. The molecular weight excluding hydrogens is 313 g/mol. The topological polar surface area (TPSA) is 35.2 Å². The maximum absolute atomic E-state index is 6.37. The molecule has 5 heteroatoms.